The number of hydrogen-bond donors (Lipinski definition) is 2. The summed E-state index contributed by atoms with van der Waals surface area (Å²) in [5.74, 6) is 1.64. The molecule has 6 nitrogen and oxygen atoms in total. The standard InChI is InChI=1S/C18H21N3O3S/c1-22-15-10-9-14(16(23-2)17(15)24-3)12-20-21-18(25)19-11-13-7-5-4-6-8-13/h4-10,12H,11H2,1-3H3,(H2,19,21,25)/b20-12-. The predicted octanol–water partition coefficient (Wildman–Crippen LogP) is 2.71. The maximum atomic E-state index is 5.40. The summed E-state index contributed by atoms with van der Waals surface area (Å²) >= 11 is 5.21. The second-order valence-corrected chi connectivity index (χ2v) is 5.37. The Kier molecular flexibility index (Phi) is 7.03. The van der Waals surface area contributed by atoms with Crippen LogP contribution in [-0.2, 0) is 6.54 Å². The lowest BCUT2D eigenvalue weighted by molar-refractivity contribution is 0.324. The van der Waals surface area contributed by atoms with Crippen LogP contribution in [0.25, 0.3) is 0 Å². The van der Waals surface area contributed by atoms with E-state index < -0.39 is 0 Å². The van der Waals surface area contributed by atoms with Gasteiger partial charge < -0.3 is 19.5 Å². The number of hydrogen-bond acceptors (Lipinski definition) is 5. The zero-order valence-electron chi connectivity index (χ0n) is 14.4. The molecule has 2 N–H and O–H groups in total. The number of nitrogens with one attached hydrogen (secondary N) is 2. The molecular formula is C18H21N3O3S. The smallest absolute Gasteiger partial charge is 0.203 e. The molecule has 0 aliphatic rings. The highest BCUT2D eigenvalue weighted by molar-refractivity contribution is 7.80. The van der Waals surface area contributed by atoms with E-state index in [0.717, 1.165) is 11.1 Å². The highest BCUT2D eigenvalue weighted by atomic mass is 32.1. The molecule has 0 fully saturated rings. The first-order chi connectivity index (χ1) is 12.2. The molecule has 0 radical (unpaired) electrons. The first-order valence-corrected chi connectivity index (χ1v) is 8.00. The molecule has 0 aliphatic carbocycles. The van der Waals surface area contributed by atoms with Gasteiger partial charge >= 0.3 is 0 Å². The monoisotopic (exact) mass is 359 g/mol. The van der Waals surface area contributed by atoms with Gasteiger partial charge in [-0.2, -0.15) is 5.10 Å². The lowest BCUT2D eigenvalue weighted by atomic mass is 10.2. The predicted molar refractivity (Wildman–Crippen MR) is 103 cm³/mol. The van der Waals surface area contributed by atoms with Gasteiger partial charge in [-0.15, -0.1) is 0 Å². The Labute approximate surface area is 152 Å². The first-order valence-electron chi connectivity index (χ1n) is 7.59. The van der Waals surface area contributed by atoms with E-state index in [1.165, 1.54) is 0 Å². The molecule has 0 aliphatic heterocycles. The zero-order chi connectivity index (χ0) is 18.1. The number of rotatable bonds is 7. The summed E-state index contributed by atoms with van der Waals surface area (Å²) in [4.78, 5) is 0. The van der Waals surface area contributed by atoms with E-state index in [9.17, 15) is 0 Å². The summed E-state index contributed by atoms with van der Waals surface area (Å²) in [6.07, 6.45) is 1.61. The molecule has 2 rings (SSSR count). The minimum atomic E-state index is 0.430. The minimum absolute atomic E-state index is 0.430. The molecule has 0 saturated heterocycles. The van der Waals surface area contributed by atoms with E-state index in [-0.39, 0.29) is 0 Å². The van der Waals surface area contributed by atoms with Crippen LogP contribution in [0.15, 0.2) is 47.6 Å². The van der Waals surface area contributed by atoms with Gasteiger partial charge in [-0.1, -0.05) is 30.3 Å². The molecule has 2 aromatic rings. The minimum Gasteiger partial charge on any atom is -0.493 e. The molecule has 25 heavy (non-hydrogen) atoms. The fraction of sp³-hybridized carbons (Fsp3) is 0.222. The molecule has 0 heterocycles. The molecule has 0 amide bonds. The summed E-state index contributed by atoms with van der Waals surface area (Å²) in [6.45, 7) is 0.627. The largest absolute Gasteiger partial charge is 0.493 e. The van der Waals surface area contributed by atoms with Gasteiger partial charge in [0.25, 0.3) is 0 Å². The van der Waals surface area contributed by atoms with Crippen LogP contribution in [0.4, 0.5) is 0 Å². The van der Waals surface area contributed by atoms with Crippen LogP contribution in [0.1, 0.15) is 11.1 Å². The molecule has 0 spiro atoms. The fourth-order valence-electron chi connectivity index (χ4n) is 2.20. The number of benzene rings is 2. The van der Waals surface area contributed by atoms with E-state index in [2.05, 4.69) is 15.8 Å². The third kappa shape index (κ3) is 5.09. The van der Waals surface area contributed by atoms with Gasteiger partial charge in [0.2, 0.25) is 5.75 Å². The lowest BCUT2D eigenvalue weighted by Crippen LogP contribution is -2.31. The van der Waals surface area contributed by atoms with Crippen molar-refractivity contribution in [3.8, 4) is 17.2 Å². The lowest BCUT2D eigenvalue weighted by Gasteiger charge is -2.13. The van der Waals surface area contributed by atoms with E-state index in [1.807, 2.05) is 36.4 Å². The molecule has 0 saturated carbocycles. The zero-order valence-corrected chi connectivity index (χ0v) is 15.2. The first kappa shape index (κ1) is 18.5. The summed E-state index contributed by atoms with van der Waals surface area (Å²) in [5.41, 5.74) is 4.65. The Morgan fingerprint density at radius 2 is 1.72 bits per heavy atom. The summed E-state index contributed by atoms with van der Waals surface area (Å²) < 4.78 is 16.0. The van der Waals surface area contributed by atoms with Crippen molar-refractivity contribution in [2.24, 2.45) is 5.10 Å². The maximum absolute atomic E-state index is 5.40. The normalized spacial score (nSPS) is 10.4. The highest BCUT2D eigenvalue weighted by Crippen LogP contribution is 2.38. The quantitative estimate of drug-likeness (QED) is 0.450. The van der Waals surface area contributed by atoms with E-state index in [4.69, 9.17) is 26.4 Å². The second-order valence-electron chi connectivity index (χ2n) is 4.96. The summed E-state index contributed by atoms with van der Waals surface area (Å²) in [7, 11) is 4.69. The molecule has 0 unspecified atom stereocenters. The Hall–Kier alpha value is -2.80. The number of methoxy groups -OCH3 is 3. The average molecular weight is 359 g/mol. The van der Waals surface area contributed by atoms with Crippen LogP contribution >= 0.6 is 12.2 Å². The highest BCUT2D eigenvalue weighted by Gasteiger charge is 2.14. The van der Waals surface area contributed by atoms with Crippen LogP contribution < -0.4 is 25.0 Å². The van der Waals surface area contributed by atoms with Gasteiger partial charge in [0.1, 0.15) is 0 Å². The van der Waals surface area contributed by atoms with Crippen LogP contribution in [-0.4, -0.2) is 32.7 Å². The molecule has 0 bridgehead atoms. The maximum Gasteiger partial charge on any atom is 0.203 e. The Bertz CT molecular complexity index is 736. The Morgan fingerprint density at radius 1 is 1.00 bits per heavy atom. The van der Waals surface area contributed by atoms with Gasteiger partial charge in [-0.25, -0.2) is 0 Å². The molecule has 0 aromatic heterocycles. The number of thiocarbonyl (C=S) groups is 1. The van der Waals surface area contributed by atoms with Crippen molar-refractivity contribution in [2.45, 2.75) is 6.54 Å². The van der Waals surface area contributed by atoms with Crippen molar-refractivity contribution in [1.29, 1.82) is 0 Å². The summed E-state index contributed by atoms with van der Waals surface area (Å²) in [5, 5.41) is 7.65. The second kappa shape index (κ2) is 9.48. The average Bonchev–Trinajstić information content (AvgIpc) is 2.66. The van der Waals surface area contributed by atoms with Gasteiger partial charge in [0.15, 0.2) is 16.6 Å². The van der Waals surface area contributed by atoms with Crippen LogP contribution in [0.5, 0.6) is 17.2 Å². The van der Waals surface area contributed by atoms with Crippen LogP contribution in [0.3, 0.4) is 0 Å². The van der Waals surface area contributed by atoms with Gasteiger partial charge in [0, 0.05) is 12.1 Å². The Morgan fingerprint density at radius 3 is 2.36 bits per heavy atom. The third-order valence-electron chi connectivity index (χ3n) is 3.40. The van der Waals surface area contributed by atoms with Crippen molar-refractivity contribution < 1.29 is 14.2 Å². The SMILES string of the molecule is COc1ccc(/C=N\NC(=S)NCc2ccccc2)c(OC)c1OC. The van der Waals surface area contributed by atoms with Crippen LogP contribution in [0, 0.1) is 0 Å². The number of hydrazone groups is 1. The molecule has 7 heteroatoms. The molecule has 132 valence electrons. The van der Waals surface area contributed by atoms with Gasteiger partial charge in [-0.05, 0) is 29.9 Å². The van der Waals surface area contributed by atoms with Crippen molar-refractivity contribution in [1.82, 2.24) is 10.7 Å². The number of nitrogens with zero attached hydrogens (tertiary/aromatic N) is 1. The van der Waals surface area contributed by atoms with Crippen molar-refractivity contribution in [3.05, 3.63) is 53.6 Å². The van der Waals surface area contributed by atoms with E-state index in [0.29, 0.717) is 28.9 Å². The van der Waals surface area contributed by atoms with Crippen molar-refractivity contribution in [2.75, 3.05) is 21.3 Å². The fourth-order valence-corrected chi connectivity index (χ4v) is 2.33. The van der Waals surface area contributed by atoms with Crippen molar-refractivity contribution >= 4 is 23.5 Å². The van der Waals surface area contributed by atoms with E-state index >= 15 is 0 Å². The molecule has 2 aromatic carbocycles. The summed E-state index contributed by atoms with van der Waals surface area (Å²) in [6, 6.07) is 13.6. The van der Waals surface area contributed by atoms with E-state index in [1.54, 1.807) is 33.6 Å². The van der Waals surface area contributed by atoms with Crippen molar-refractivity contribution in [3.63, 3.8) is 0 Å². The molecular weight excluding hydrogens is 338 g/mol. The number of ether oxygens (including phenoxy) is 3. The topological polar surface area (TPSA) is 64.1 Å². The van der Waals surface area contributed by atoms with Gasteiger partial charge in [0.05, 0.1) is 27.5 Å². The van der Waals surface area contributed by atoms with Gasteiger partial charge in [-0.3, -0.25) is 5.43 Å². The molecule has 0 atom stereocenters. The third-order valence-corrected chi connectivity index (χ3v) is 3.64. The Balaban J connectivity index is 1.98. The van der Waals surface area contributed by atoms with Crippen LogP contribution in [0.2, 0.25) is 0 Å².